The summed E-state index contributed by atoms with van der Waals surface area (Å²) in [7, 11) is 0. The molecular formula is C9H12Cl2N2OS. The number of ether oxygens (including phenoxy) is 1. The van der Waals surface area contributed by atoms with Crippen molar-refractivity contribution < 1.29 is 4.74 Å². The first kappa shape index (κ1) is 12.9. The van der Waals surface area contributed by atoms with Crippen LogP contribution in [0, 0.1) is 0 Å². The normalized spacial score (nSPS) is 13.7. The van der Waals surface area contributed by atoms with Gasteiger partial charge in [-0.15, -0.1) is 12.4 Å². The molecule has 0 atom stereocenters. The number of nitrogens with zero attached hydrogens (tertiary/aromatic N) is 2. The van der Waals surface area contributed by atoms with Crippen molar-refractivity contribution in [1.29, 1.82) is 0 Å². The van der Waals surface area contributed by atoms with E-state index in [2.05, 4.69) is 16.9 Å². The smallest absolute Gasteiger partial charge is 0.222 e. The van der Waals surface area contributed by atoms with Crippen LogP contribution in [0.25, 0.3) is 0 Å². The highest BCUT2D eigenvalue weighted by Crippen LogP contribution is 2.30. The molecule has 0 N–H and O–H groups in total. The van der Waals surface area contributed by atoms with Crippen LogP contribution in [0.5, 0.6) is 5.88 Å². The zero-order valence-corrected chi connectivity index (χ0v) is 10.7. The summed E-state index contributed by atoms with van der Waals surface area (Å²) >= 11 is 7.61. The summed E-state index contributed by atoms with van der Waals surface area (Å²) in [5.74, 6) is 1.61. The van der Waals surface area contributed by atoms with Crippen LogP contribution in [0.2, 0.25) is 5.15 Å². The van der Waals surface area contributed by atoms with Crippen LogP contribution in [0.15, 0.2) is 5.16 Å². The first-order valence-corrected chi connectivity index (χ1v) is 5.99. The molecule has 0 saturated carbocycles. The Balaban J connectivity index is 0.00000112. The zero-order chi connectivity index (χ0) is 9.97. The monoisotopic (exact) mass is 266 g/mol. The summed E-state index contributed by atoms with van der Waals surface area (Å²) in [6.07, 6.45) is 1.92. The largest absolute Gasteiger partial charge is 0.477 e. The summed E-state index contributed by atoms with van der Waals surface area (Å²) in [6, 6.07) is 0. The maximum atomic E-state index is 6.04. The Morgan fingerprint density at radius 2 is 2.27 bits per heavy atom. The predicted molar refractivity (Wildman–Crippen MR) is 64.5 cm³/mol. The van der Waals surface area contributed by atoms with E-state index in [4.69, 9.17) is 16.3 Å². The second-order valence-electron chi connectivity index (χ2n) is 2.97. The van der Waals surface area contributed by atoms with Gasteiger partial charge in [0.1, 0.15) is 5.15 Å². The van der Waals surface area contributed by atoms with E-state index in [1.54, 1.807) is 11.8 Å². The van der Waals surface area contributed by atoms with E-state index in [9.17, 15) is 0 Å². The first-order chi connectivity index (χ1) is 6.81. The van der Waals surface area contributed by atoms with Gasteiger partial charge in [-0.3, -0.25) is 0 Å². The topological polar surface area (TPSA) is 35.0 Å². The maximum Gasteiger partial charge on any atom is 0.222 e. The second-order valence-corrected chi connectivity index (χ2v) is 4.55. The van der Waals surface area contributed by atoms with Crippen molar-refractivity contribution in [2.45, 2.75) is 24.9 Å². The van der Waals surface area contributed by atoms with Gasteiger partial charge >= 0.3 is 0 Å². The van der Waals surface area contributed by atoms with E-state index in [1.165, 1.54) is 0 Å². The third-order valence-electron chi connectivity index (χ3n) is 1.98. The number of fused-ring (bicyclic) bond motifs is 1. The predicted octanol–water partition coefficient (Wildman–Crippen LogP) is 2.99. The standard InChI is InChI=1S/C9H11ClN2OS.ClH/c1-2-14-9-11-7(10)6-4-3-5-13-8(6)12-9;/h2-5H2,1H3;1H. The van der Waals surface area contributed by atoms with Gasteiger partial charge in [-0.05, 0) is 18.6 Å². The third kappa shape index (κ3) is 2.89. The second kappa shape index (κ2) is 5.77. The number of hydrogen-bond acceptors (Lipinski definition) is 4. The molecule has 6 heteroatoms. The number of rotatable bonds is 2. The Morgan fingerprint density at radius 1 is 1.47 bits per heavy atom. The van der Waals surface area contributed by atoms with Crippen molar-refractivity contribution in [3.8, 4) is 5.88 Å². The van der Waals surface area contributed by atoms with E-state index in [0.717, 1.165) is 30.8 Å². The molecule has 1 aliphatic rings. The lowest BCUT2D eigenvalue weighted by Crippen LogP contribution is -2.11. The third-order valence-corrected chi connectivity index (χ3v) is 3.02. The molecule has 1 aromatic heterocycles. The van der Waals surface area contributed by atoms with Gasteiger partial charge < -0.3 is 4.74 Å². The van der Waals surface area contributed by atoms with Crippen molar-refractivity contribution in [2.75, 3.05) is 12.4 Å². The molecule has 0 unspecified atom stereocenters. The Bertz CT molecular complexity index is 349. The molecule has 0 fully saturated rings. The molecule has 0 amide bonds. The van der Waals surface area contributed by atoms with Gasteiger partial charge in [0.2, 0.25) is 5.88 Å². The molecule has 1 aliphatic heterocycles. The number of hydrogen-bond donors (Lipinski definition) is 0. The van der Waals surface area contributed by atoms with Crippen molar-refractivity contribution >= 4 is 35.8 Å². The molecule has 0 spiro atoms. The van der Waals surface area contributed by atoms with E-state index in [0.29, 0.717) is 16.2 Å². The SMILES string of the molecule is CCSc1nc(Cl)c2c(n1)OCCC2.Cl. The van der Waals surface area contributed by atoms with Crippen molar-refractivity contribution in [3.63, 3.8) is 0 Å². The van der Waals surface area contributed by atoms with Gasteiger partial charge in [0.05, 0.1) is 12.2 Å². The number of halogens is 2. The zero-order valence-electron chi connectivity index (χ0n) is 8.33. The van der Waals surface area contributed by atoms with Crippen LogP contribution in [0.3, 0.4) is 0 Å². The number of thioether (sulfide) groups is 1. The van der Waals surface area contributed by atoms with Gasteiger partial charge in [0, 0.05) is 0 Å². The van der Waals surface area contributed by atoms with Gasteiger partial charge in [0.15, 0.2) is 5.16 Å². The molecule has 15 heavy (non-hydrogen) atoms. The summed E-state index contributed by atoms with van der Waals surface area (Å²) in [5.41, 5.74) is 0.957. The molecule has 0 aliphatic carbocycles. The fraction of sp³-hybridized carbons (Fsp3) is 0.556. The molecule has 2 heterocycles. The van der Waals surface area contributed by atoms with Gasteiger partial charge in [-0.1, -0.05) is 30.3 Å². The minimum atomic E-state index is 0. The molecule has 0 bridgehead atoms. The summed E-state index contributed by atoms with van der Waals surface area (Å²) in [4.78, 5) is 8.52. The lowest BCUT2D eigenvalue weighted by atomic mass is 10.1. The van der Waals surface area contributed by atoms with Crippen LogP contribution >= 0.6 is 35.8 Å². The highest BCUT2D eigenvalue weighted by molar-refractivity contribution is 7.99. The average molecular weight is 267 g/mol. The van der Waals surface area contributed by atoms with Gasteiger partial charge in [-0.25, -0.2) is 4.98 Å². The Kier molecular flexibility index (Phi) is 4.96. The number of aromatic nitrogens is 2. The fourth-order valence-corrected chi connectivity index (χ4v) is 2.23. The minimum absolute atomic E-state index is 0. The highest BCUT2D eigenvalue weighted by Gasteiger charge is 2.17. The van der Waals surface area contributed by atoms with Crippen LogP contribution in [-0.4, -0.2) is 22.3 Å². The van der Waals surface area contributed by atoms with Crippen LogP contribution in [-0.2, 0) is 6.42 Å². The quantitative estimate of drug-likeness (QED) is 0.469. The van der Waals surface area contributed by atoms with E-state index >= 15 is 0 Å². The van der Waals surface area contributed by atoms with E-state index in [-0.39, 0.29) is 12.4 Å². The summed E-state index contributed by atoms with van der Waals surface area (Å²) in [6.45, 7) is 2.79. The van der Waals surface area contributed by atoms with Gasteiger partial charge in [-0.2, -0.15) is 4.98 Å². The fourth-order valence-electron chi connectivity index (χ4n) is 1.36. The molecule has 84 valence electrons. The van der Waals surface area contributed by atoms with Crippen LogP contribution in [0.4, 0.5) is 0 Å². The molecule has 2 rings (SSSR count). The Morgan fingerprint density at radius 3 is 3.00 bits per heavy atom. The molecule has 0 saturated heterocycles. The van der Waals surface area contributed by atoms with Crippen molar-refractivity contribution in [1.82, 2.24) is 9.97 Å². The lowest BCUT2D eigenvalue weighted by Gasteiger charge is -2.16. The first-order valence-electron chi connectivity index (χ1n) is 4.63. The summed E-state index contributed by atoms with van der Waals surface area (Å²) < 4.78 is 5.44. The molecule has 0 radical (unpaired) electrons. The van der Waals surface area contributed by atoms with Crippen LogP contribution in [0.1, 0.15) is 18.9 Å². The van der Waals surface area contributed by atoms with Gasteiger partial charge in [0.25, 0.3) is 0 Å². The lowest BCUT2D eigenvalue weighted by molar-refractivity contribution is 0.272. The van der Waals surface area contributed by atoms with E-state index in [1.807, 2.05) is 0 Å². The van der Waals surface area contributed by atoms with Crippen molar-refractivity contribution in [2.24, 2.45) is 0 Å². The average Bonchev–Trinajstić information content (AvgIpc) is 2.18. The molecule has 3 nitrogen and oxygen atoms in total. The van der Waals surface area contributed by atoms with E-state index < -0.39 is 0 Å². The Hall–Kier alpha value is -0.190. The highest BCUT2D eigenvalue weighted by atomic mass is 35.5. The molecular weight excluding hydrogens is 255 g/mol. The van der Waals surface area contributed by atoms with Crippen LogP contribution < -0.4 is 4.74 Å². The molecule has 1 aromatic rings. The summed E-state index contributed by atoms with van der Waals surface area (Å²) in [5, 5.41) is 1.25. The van der Waals surface area contributed by atoms with Crippen molar-refractivity contribution in [3.05, 3.63) is 10.7 Å². The maximum absolute atomic E-state index is 6.04. The Labute approximate surface area is 104 Å². The minimum Gasteiger partial charge on any atom is -0.477 e. The molecule has 0 aromatic carbocycles.